The van der Waals surface area contributed by atoms with Crippen molar-refractivity contribution in [3.05, 3.63) is 35.4 Å². The van der Waals surface area contributed by atoms with Gasteiger partial charge in [-0.15, -0.1) is 0 Å². The molecule has 3 nitrogen and oxygen atoms in total. The van der Waals surface area contributed by atoms with Crippen LogP contribution in [0.2, 0.25) is 0 Å². The van der Waals surface area contributed by atoms with E-state index in [9.17, 15) is 13.6 Å². The fraction of sp³-hybridized carbons (Fsp3) is 0.364. The zero-order valence-electron chi connectivity index (χ0n) is 9.02. The maximum absolute atomic E-state index is 13.1. The molecule has 2 N–H and O–H groups in total. The van der Waals surface area contributed by atoms with Gasteiger partial charge in [-0.2, -0.15) is 0 Å². The quantitative estimate of drug-likeness (QED) is 0.794. The lowest BCUT2D eigenvalue weighted by molar-refractivity contribution is -0.120. The molecule has 0 aliphatic heterocycles. The molecule has 0 aliphatic rings. The van der Waals surface area contributed by atoms with E-state index in [-0.39, 0.29) is 24.6 Å². The Morgan fingerprint density at radius 2 is 2.12 bits per heavy atom. The molecular weight excluding hydrogens is 214 g/mol. The van der Waals surface area contributed by atoms with Gasteiger partial charge in [-0.3, -0.25) is 4.79 Å². The van der Waals surface area contributed by atoms with Crippen molar-refractivity contribution in [3.63, 3.8) is 0 Å². The van der Waals surface area contributed by atoms with Crippen LogP contribution in [0.4, 0.5) is 8.78 Å². The van der Waals surface area contributed by atoms with Crippen molar-refractivity contribution < 1.29 is 13.6 Å². The Hall–Kier alpha value is -1.49. The summed E-state index contributed by atoms with van der Waals surface area (Å²) in [6, 6.07) is 3.24. The maximum atomic E-state index is 13.1. The van der Waals surface area contributed by atoms with E-state index in [1.807, 2.05) is 6.92 Å². The van der Waals surface area contributed by atoms with E-state index in [0.717, 1.165) is 18.2 Å². The lowest BCUT2D eigenvalue weighted by Gasteiger charge is -2.06. The summed E-state index contributed by atoms with van der Waals surface area (Å²) in [5.41, 5.74) is 0.212. The van der Waals surface area contributed by atoms with Crippen LogP contribution in [0.15, 0.2) is 18.2 Å². The zero-order valence-corrected chi connectivity index (χ0v) is 9.02. The van der Waals surface area contributed by atoms with Gasteiger partial charge < -0.3 is 10.6 Å². The van der Waals surface area contributed by atoms with Crippen molar-refractivity contribution in [3.8, 4) is 0 Å². The van der Waals surface area contributed by atoms with Gasteiger partial charge in [0.05, 0.1) is 6.54 Å². The van der Waals surface area contributed by atoms with Crippen molar-refractivity contribution in [2.75, 3.05) is 13.1 Å². The number of hydrogen-bond acceptors (Lipinski definition) is 2. The Kier molecular flexibility index (Phi) is 4.85. The van der Waals surface area contributed by atoms with Gasteiger partial charge >= 0.3 is 0 Å². The molecule has 1 rings (SSSR count). The van der Waals surface area contributed by atoms with Crippen molar-refractivity contribution >= 4 is 5.91 Å². The van der Waals surface area contributed by atoms with E-state index in [1.54, 1.807) is 0 Å². The third-order valence-corrected chi connectivity index (χ3v) is 1.98. The molecule has 0 saturated carbocycles. The van der Waals surface area contributed by atoms with Crippen LogP contribution >= 0.6 is 0 Å². The molecule has 0 atom stereocenters. The third kappa shape index (κ3) is 3.94. The predicted octanol–water partition coefficient (Wildman–Crippen LogP) is 1.19. The average molecular weight is 228 g/mol. The van der Waals surface area contributed by atoms with Gasteiger partial charge in [0.2, 0.25) is 5.91 Å². The normalized spacial score (nSPS) is 10.2. The molecule has 0 saturated heterocycles. The highest BCUT2D eigenvalue weighted by atomic mass is 19.1. The lowest BCUT2D eigenvalue weighted by Crippen LogP contribution is -2.33. The Balaban J connectivity index is 2.42. The smallest absolute Gasteiger partial charge is 0.233 e. The van der Waals surface area contributed by atoms with E-state index in [1.165, 1.54) is 0 Å². The highest BCUT2D eigenvalue weighted by molar-refractivity contribution is 5.77. The number of likely N-dealkylation sites (N-methyl/N-ethyl adjacent to an activating group) is 1. The molecule has 0 aromatic heterocycles. The number of amides is 1. The topological polar surface area (TPSA) is 41.1 Å². The molecule has 1 aromatic carbocycles. The highest BCUT2D eigenvalue weighted by Crippen LogP contribution is 2.08. The van der Waals surface area contributed by atoms with Crippen molar-refractivity contribution in [2.45, 2.75) is 13.5 Å². The first-order valence-corrected chi connectivity index (χ1v) is 5.04. The lowest BCUT2D eigenvalue weighted by atomic mass is 10.2. The molecule has 0 fully saturated rings. The third-order valence-electron chi connectivity index (χ3n) is 1.98. The number of nitrogens with one attached hydrogen (secondary N) is 2. The second-order valence-electron chi connectivity index (χ2n) is 3.29. The SMILES string of the molecule is CCNC(=O)CNCc1cc(F)ccc1F. The van der Waals surface area contributed by atoms with E-state index < -0.39 is 11.6 Å². The minimum Gasteiger partial charge on any atom is -0.355 e. The average Bonchev–Trinajstić information content (AvgIpc) is 2.23. The van der Waals surface area contributed by atoms with Gasteiger partial charge in [-0.25, -0.2) is 8.78 Å². The molecule has 0 heterocycles. The standard InChI is InChI=1S/C11H14F2N2O/c1-2-15-11(16)7-14-6-8-5-9(12)3-4-10(8)13/h3-5,14H,2,6-7H2,1H3,(H,15,16). The zero-order chi connectivity index (χ0) is 12.0. The summed E-state index contributed by atoms with van der Waals surface area (Å²) in [5.74, 6) is -1.14. The van der Waals surface area contributed by atoms with E-state index >= 15 is 0 Å². The summed E-state index contributed by atoms with van der Waals surface area (Å²) in [5, 5.41) is 5.32. The Morgan fingerprint density at radius 1 is 1.38 bits per heavy atom. The van der Waals surface area contributed by atoms with Crippen LogP contribution in [-0.4, -0.2) is 19.0 Å². The van der Waals surface area contributed by atoms with Crippen LogP contribution in [0.5, 0.6) is 0 Å². The summed E-state index contributed by atoms with van der Waals surface area (Å²) in [7, 11) is 0. The summed E-state index contributed by atoms with van der Waals surface area (Å²) in [6.07, 6.45) is 0. The summed E-state index contributed by atoms with van der Waals surface area (Å²) < 4.78 is 25.9. The largest absolute Gasteiger partial charge is 0.355 e. The number of carbonyl (C=O) groups excluding carboxylic acids is 1. The predicted molar refractivity (Wildman–Crippen MR) is 56.7 cm³/mol. The van der Waals surface area contributed by atoms with Crippen LogP contribution in [0.1, 0.15) is 12.5 Å². The molecule has 0 bridgehead atoms. The van der Waals surface area contributed by atoms with E-state index in [0.29, 0.717) is 6.54 Å². The summed E-state index contributed by atoms with van der Waals surface area (Å²) in [6.45, 7) is 2.57. The first kappa shape index (κ1) is 12.6. The van der Waals surface area contributed by atoms with Gasteiger partial charge in [0.25, 0.3) is 0 Å². The summed E-state index contributed by atoms with van der Waals surface area (Å²) >= 11 is 0. The van der Waals surface area contributed by atoms with E-state index in [4.69, 9.17) is 0 Å². The molecule has 0 spiro atoms. The fourth-order valence-electron chi connectivity index (χ4n) is 1.25. The number of halogens is 2. The molecule has 0 aliphatic carbocycles. The van der Waals surface area contributed by atoms with Gasteiger partial charge in [-0.1, -0.05) is 0 Å². The van der Waals surface area contributed by atoms with Crippen LogP contribution < -0.4 is 10.6 Å². The van der Waals surface area contributed by atoms with Crippen LogP contribution in [0.3, 0.4) is 0 Å². The van der Waals surface area contributed by atoms with Gasteiger partial charge in [-0.05, 0) is 25.1 Å². The van der Waals surface area contributed by atoms with Crippen molar-refractivity contribution in [1.29, 1.82) is 0 Å². The second-order valence-corrected chi connectivity index (χ2v) is 3.29. The van der Waals surface area contributed by atoms with Gasteiger partial charge in [0, 0.05) is 18.7 Å². The number of hydrogen-bond donors (Lipinski definition) is 2. The van der Waals surface area contributed by atoms with Crippen LogP contribution in [0.25, 0.3) is 0 Å². The minimum absolute atomic E-state index is 0.0871. The second kappa shape index (κ2) is 6.17. The molecule has 5 heteroatoms. The minimum atomic E-state index is -0.490. The van der Waals surface area contributed by atoms with Crippen molar-refractivity contribution in [1.82, 2.24) is 10.6 Å². The van der Waals surface area contributed by atoms with Crippen LogP contribution in [-0.2, 0) is 11.3 Å². The monoisotopic (exact) mass is 228 g/mol. The Morgan fingerprint density at radius 3 is 2.81 bits per heavy atom. The van der Waals surface area contributed by atoms with Crippen molar-refractivity contribution in [2.24, 2.45) is 0 Å². The number of rotatable bonds is 5. The number of carbonyl (C=O) groups is 1. The molecule has 0 unspecified atom stereocenters. The van der Waals surface area contributed by atoms with Gasteiger partial charge in [0.15, 0.2) is 0 Å². The highest BCUT2D eigenvalue weighted by Gasteiger charge is 2.04. The molecule has 88 valence electrons. The number of benzene rings is 1. The fourth-order valence-corrected chi connectivity index (χ4v) is 1.25. The molecule has 1 aromatic rings. The molecular formula is C11H14F2N2O. The molecule has 16 heavy (non-hydrogen) atoms. The summed E-state index contributed by atoms with van der Waals surface area (Å²) in [4.78, 5) is 11.0. The van der Waals surface area contributed by atoms with Gasteiger partial charge in [0.1, 0.15) is 11.6 Å². The van der Waals surface area contributed by atoms with E-state index in [2.05, 4.69) is 10.6 Å². The first-order chi connectivity index (χ1) is 7.63. The maximum Gasteiger partial charge on any atom is 0.233 e. The molecule has 0 radical (unpaired) electrons. The first-order valence-electron chi connectivity index (χ1n) is 5.04. The molecule has 1 amide bonds. The Bertz CT molecular complexity index is 369. The Labute approximate surface area is 92.8 Å². The van der Waals surface area contributed by atoms with Crippen LogP contribution in [0, 0.1) is 11.6 Å².